The number of thiophene rings is 1. The molecular formula is C27H32N2O4S3. The third-order valence-corrected chi connectivity index (χ3v) is 12.6. The Morgan fingerprint density at radius 3 is 2.39 bits per heavy atom. The van der Waals surface area contributed by atoms with Gasteiger partial charge < -0.3 is 4.90 Å². The summed E-state index contributed by atoms with van der Waals surface area (Å²) in [7, 11) is -5.11. The zero-order valence-corrected chi connectivity index (χ0v) is 22.9. The van der Waals surface area contributed by atoms with Gasteiger partial charge in [-0.1, -0.05) is 42.5 Å². The van der Waals surface area contributed by atoms with Gasteiger partial charge in [0.25, 0.3) is 0 Å². The van der Waals surface area contributed by atoms with Crippen LogP contribution < -0.4 is 0 Å². The lowest BCUT2D eigenvalue weighted by atomic mass is 9.74. The summed E-state index contributed by atoms with van der Waals surface area (Å²) in [6.45, 7) is 2.96. The van der Waals surface area contributed by atoms with E-state index in [0.29, 0.717) is 16.3 Å². The van der Waals surface area contributed by atoms with E-state index in [2.05, 4.69) is 11.0 Å². The predicted molar refractivity (Wildman–Crippen MR) is 144 cm³/mol. The predicted octanol–water partition coefficient (Wildman–Crippen LogP) is 4.36. The third-order valence-electron chi connectivity index (χ3n) is 7.74. The lowest BCUT2D eigenvalue weighted by Gasteiger charge is -2.39. The highest BCUT2D eigenvalue weighted by Gasteiger charge is 2.48. The van der Waals surface area contributed by atoms with Crippen LogP contribution in [0.5, 0.6) is 0 Å². The van der Waals surface area contributed by atoms with Crippen LogP contribution in [0.2, 0.25) is 0 Å². The first-order valence-electron chi connectivity index (χ1n) is 12.3. The maximum absolute atomic E-state index is 13.1. The molecule has 3 heterocycles. The Morgan fingerprint density at radius 1 is 1.00 bits per heavy atom. The summed E-state index contributed by atoms with van der Waals surface area (Å²) in [6.07, 6.45) is 2.50. The number of likely N-dealkylation sites (tertiary alicyclic amines) is 1. The Bertz CT molecular complexity index is 1400. The van der Waals surface area contributed by atoms with Gasteiger partial charge in [-0.05, 0) is 74.1 Å². The minimum atomic E-state index is -3.56. The first kappa shape index (κ1) is 25.6. The van der Waals surface area contributed by atoms with Crippen LogP contribution in [0.15, 0.2) is 81.9 Å². The van der Waals surface area contributed by atoms with E-state index in [1.807, 2.05) is 35.7 Å². The van der Waals surface area contributed by atoms with Crippen molar-refractivity contribution >= 4 is 31.2 Å². The number of piperidine rings is 1. The largest absolute Gasteiger partial charge is 0.303 e. The van der Waals surface area contributed by atoms with Crippen molar-refractivity contribution in [2.24, 2.45) is 0 Å². The number of sulfone groups is 1. The molecule has 1 fully saturated rings. The van der Waals surface area contributed by atoms with Crippen molar-refractivity contribution in [3.8, 4) is 0 Å². The highest BCUT2D eigenvalue weighted by Crippen LogP contribution is 2.46. The number of hydrogen-bond donors (Lipinski definition) is 0. The maximum Gasteiger partial charge on any atom is 0.242 e. The van der Waals surface area contributed by atoms with E-state index in [-0.39, 0.29) is 17.1 Å². The second-order valence-corrected chi connectivity index (χ2v) is 15.0. The Labute approximate surface area is 218 Å². The third kappa shape index (κ3) is 4.91. The molecule has 1 unspecified atom stereocenters. The molecule has 1 spiro atoms. The van der Waals surface area contributed by atoms with E-state index < -0.39 is 19.9 Å². The van der Waals surface area contributed by atoms with Crippen molar-refractivity contribution in [1.29, 1.82) is 0 Å². The van der Waals surface area contributed by atoms with Crippen LogP contribution in [0.3, 0.4) is 0 Å². The van der Waals surface area contributed by atoms with Gasteiger partial charge in [0.05, 0.1) is 15.5 Å². The van der Waals surface area contributed by atoms with E-state index in [1.54, 1.807) is 48.7 Å². The molecule has 1 saturated heterocycles. The molecule has 0 amide bonds. The van der Waals surface area contributed by atoms with Crippen molar-refractivity contribution in [3.63, 3.8) is 0 Å². The zero-order chi connectivity index (χ0) is 25.4. The Kier molecular flexibility index (Phi) is 7.13. The molecule has 1 aromatic heterocycles. The second kappa shape index (κ2) is 10.0. The van der Waals surface area contributed by atoms with Crippen molar-refractivity contribution in [2.75, 3.05) is 39.0 Å². The van der Waals surface area contributed by atoms with Gasteiger partial charge in [-0.2, -0.15) is 0 Å². The molecule has 2 aliphatic heterocycles. The lowest BCUT2D eigenvalue weighted by Crippen LogP contribution is -2.44. The number of likely N-dealkylation sites (N-methyl/N-ethyl adjacent to an activating group) is 1. The average molecular weight is 545 g/mol. The van der Waals surface area contributed by atoms with Gasteiger partial charge in [0.15, 0.2) is 9.84 Å². The van der Waals surface area contributed by atoms with Gasteiger partial charge in [0.1, 0.15) is 0 Å². The van der Waals surface area contributed by atoms with Crippen LogP contribution >= 0.6 is 11.3 Å². The van der Waals surface area contributed by atoms with E-state index >= 15 is 0 Å². The van der Waals surface area contributed by atoms with Crippen LogP contribution in [0.1, 0.15) is 35.6 Å². The maximum atomic E-state index is 13.1. The molecule has 192 valence electrons. The van der Waals surface area contributed by atoms with E-state index in [0.717, 1.165) is 44.5 Å². The molecule has 1 atom stereocenters. The molecule has 5 rings (SSSR count). The summed E-state index contributed by atoms with van der Waals surface area (Å²) in [5, 5.41) is 2.04. The summed E-state index contributed by atoms with van der Waals surface area (Å²) in [4.78, 5) is 4.42. The summed E-state index contributed by atoms with van der Waals surface area (Å²) in [5.41, 5.74) is 0.720. The molecule has 0 aliphatic carbocycles. The van der Waals surface area contributed by atoms with Crippen LogP contribution in [0, 0.1) is 0 Å². The number of nitrogens with zero attached hydrogens (tertiary/aromatic N) is 2. The van der Waals surface area contributed by atoms with Gasteiger partial charge in [-0.3, -0.25) is 0 Å². The monoisotopic (exact) mass is 544 g/mol. The summed E-state index contributed by atoms with van der Waals surface area (Å²) >= 11 is 1.67. The summed E-state index contributed by atoms with van der Waals surface area (Å²) < 4.78 is 53.2. The second-order valence-electron chi connectivity index (χ2n) is 9.98. The van der Waals surface area contributed by atoms with Crippen molar-refractivity contribution < 1.29 is 16.8 Å². The summed E-state index contributed by atoms with van der Waals surface area (Å²) in [5.74, 6) is 0.310. The number of rotatable bonds is 8. The number of fused-ring (bicyclic) bond motifs is 2. The average Bonchev–Trinajstić information content (AvgIpc) is 3.49. The normalized spacial score (nSPS) is 19.9. The molecule has 6 nitrogen and oxygen atoms in total. The van der Waals surface area contributed by atoms with Crippen LogP contribution in [0.25, 0.3) is 0 Å². The molecule has 36 heavy (non-hydrogen) atoms. The van der Waals surface area contributed by atoms with Gasteiger partial charge in [-0.25, -0.2) is 21.1 Å². The van der Waals surface area contributed by atoms with Crippen molar-refractivity contribution in [2.45, 2.75) is 40.4 Å². The van der Waals surface area contributed by atoms with Crippen LogP contribution in [-0.4, -0.2) is 65.0 Å². The van der Waals surface area contributed by atoms with Gasteiger partial charge >= 0.3 is 0 Å². The van der Waals surface area contributed by atoms with Crippen LogP contribution in [-0.2, 0) is 25.3 Å². The first-order valence-corrected chi connectivity index (χ1v) is 16.3. The van der Waals surface area contributed by atoms with E-state index in [9.17, 15) is 16.8 Å². The van der Waals surface area contributed by atoms with Gasteiger partial charge in [0, 0.05) is 29.8 Å². The Hall–Kier alpha value is -2.04. The van der Waals surface area contributed by atoms with Crippen LogP contribution in [0.4, 0.5) is 0 Å². The molecule has 2 aliphatic rings. The molecule has 0 N–H and O–H groups in total. The molecular weight excluding hydrogens is 513 g/mol. The Morgan fingerprint density at radius 2 is 1.69 bits per heavy atom. The quantitative estimate of drug-likeness (QED) is 0.421. The fourth-order valence-corrected chi connectivity index (χ4v) is 10.0. The molecule has 0 saturated carbocycles. The summed E-state index contributed by atoms with van der Waals surface area (Å²) in [6, 6.07) is 20.2. The highest BCUT2D eigenvalue weighted by molar-refractivity contribution is 7.91. The van der Waals surface area contributed by atoms with E-state index in [4.69, 9.17) is 0 Å². The van der Waals surface area contributed by atoms with Crippen molar-refractivity contribution in [3.05, 3.63) is 82.6 Å². The molecule has 2 aromatic carbocycles. The standard InChI is InChI=1S/C27H32N2O4S3/c1-28(36(32,33)23-8-3-2-4-9-23)20-22(25-11-7-19-34-25)13-16-29-17-14-27(15-18-29)21-35(30,31)26-12-6-5-10-24(26)27/h2-12,19,22H,13-18,20-21H2,1H3. The fourth-order valence-electron chi connectivity index (χ4n) is 5.68. The molecule has 3 aromatic rings. The van der Waals surface area contributed by atoms with Gasteiger partial charge in [-0.15, -0.1) is 11.3 Å². The number of hydrogen-bond acceptors (Lipinski definition) is 6. The highest BCUT2D eigenvalue weighted by atomic mass is 32.2. The molecule has 0 bridgehead atoms. The minimum Gasteiger partial charge on any atom is -0.303 e. The minimum absolute atomic E-state index is 0.0944. The molecule has 0 radical (unpaired) electrons. The SMILES string of the molecule is CN(CC(CCN1CCC2(CC1)CS(=O)(=O)c1ccccc12)c1cccs1)S(=O)(=O)c1ccccc1. The topological polar surface area (TPSA) is 74.8 Å². The molecule has 9 heteroatoms. The zero-order valence-electron chi connectivity index (χ0n) is 20.4. The number of sulfonamides is 1. The Balaban J connectivity index is 1.25. The number of benzene rings is 2. The van der Waals surface area contributed by atoms with Gasteiger partial charge in [0.2, 0.25) is 10.0 Å². The van der Waals surface area contributed by atoms with E-state index in [1.165, 1.54) is 9.18 Å². The first-order chi connectivity index (χ1) is 17.2. The fraction of sp³-hybridized carbons (Fsp3) is 0.407. The smallest absolute Gasteiger partial charge is 0.242 e. The lowest BCUT2D eigenvalue weighted by molar-refractivity contribution is 0.165. The van der Waals surface area contributed by atoms with Crippen molar-refractivity contribution in [1.82, 2.24) is 9.21 Å².